The molecular weight excluding hydrogens is 233 g/mol. The monoisotopic (exact) mass is 255 g/mol. The summed E-state index contributed by atoms with van der Waals surface area (Å²) < 4.78 is 24.6. The molecule has 1 aromatic rings. The van der Waals surface area contributed by atoms with Crippen LogP contribution < -0.4 is 10.5 Å². The van der Waals surface area contributed by atoms with Crippen LogP contribution in [0.1, 0.15) is 39.3 Å². The van der Waals surface area contributed by atoms with Gasteiger partial charge in [0.05, 0.1) is 12.2 Å². The Bertz CT molecular complexity index is 386. The number of rotatable bonds is 5. The molecule has 2 N–H and O–H groups in total. The van der Waals surface area contributed by atoms with Gasteiger partial charge in [-0.15, -0.1) is 0 Å². The number of hydrogen-bond acceptors (Lipinski definition) is 3. The molecule has 0 spiro atoms. The van der Waals surface area contributed by atoms with Crippen LogP contribution in [0.5, 0.6) is 5.75 Å². The molecular formula is C14H22FNO2. The molecule has 0 aliphatic rings. The second-order valence-electron chi connectivity index (χ2n) is 5.26. The summed E-state index contributed by atoms with van der Waals surface area (Å²) in [4.78, 5) is 0. The van der Waals surface area contributed by atoms with Crippen LogP contribution in [-0.2, 0) is 4.74 Å². The molecule has 1 rings (SSSR count). The van der Waals surface area contributed by atoms with Gasteiger partial charge in [-0.3, -0.25) is 0 Å². The minimum absolute atomic E-state index is 0.220. The van der Waals surface area contributed by atoms with Crippen molar-refractivity contribution in [3.05, 3.63) is 29.6 Å². The molecule has 102 valence electrons. The molecule has 1 aromatic carbocycles. The molecule has 4 heteroatoms. The van der Waals surface area contributed by atoms with E-state index in [4.69, 9.17) is 15.2 Å². The summed E-state index contributed by atoms with van der Waals surface area (Å²) in [5.41, 5.74) is 6.23. The number of benzene rings is 1. The molecule has 0 saturated heterocycles. The van der Waals surface area contributed by atoms with Crippen molar-refractivity contribution < 1.29 is 13.9 Å². The van der Waals surface area contributed by atoms with Crippen molar-refractivity contribution in [1.29, 1.82) is 0 Å². The molecule has 0 radical (unpaired) electrons. The lowest BCUT2D eigenvalue weighted by atomic mass is 10.1. The number of ether oxygens (including phenoxy) is 2. The van der Waals surface area contributed by atoms with Crippen molar-refractivity contribution in [3.63, 3.8) is 0 Å². The van der Waals surface area contributed by atoms with Gasteiger partial charge in [0.2, 0.25) is 0 Å². The van der Waals surface area contributed by atoms with Gasteiger partial charge in [0.1, 0.15) is 6.61 Å². The summed E-state index contributed by atoms with van der Waals surface area (Å²) in [5, 5.41) is 0. The summed E-state index contributed by atoms with van der Waals surface area (Å²) in [5.74, 6) is -0.162. The highest BCUT2D eigenvalue weighted by molar-refractivity contribution is 5.36. The fourth-order valence-electron chi connectivity index (χ4n) is 1.53. The second kappa shape index (κ2) is 6.16. The predicted molar refractivity (Wildman–Crippen MR) is 70.2 cm³/mol. The van der Waals surface area contributed by atoms with Crippen molar-refractivity contribution in [2.75, 3.05) is 13.2 Å². The van der Waals surface area contributed by atoms with Crippen molar-refractivity contribution >= 4 is 0 Å². The summed E-state index contributed by atoms with van der Waals surface area (Å²) in [6.07, 6.45) is 0. The first-order valence-electron chi connectivity index (χ1n) is 6.12. The maximum atomic E-state index is 13.7. The van der Waals surface area contributed by atoms with Gasteiger partial charge >= 0.3 is 0 Å². The molecule has 1 unspecified atom stereocenters. The van der Waals surface area contributed by atoms with Gasteiger partial charge in [-0.2, -0.15) is 0 Å². The van der Waals surface area contributed by atoms with E-state index in [-0.39, 0.29) is 23.2 Å². The average Bonchev–Trinajstić information content (AvgIpc) is 2.24. The molecule has 0 amide bonds. The average molecular weight is 255 g/mol. The standard InChI is InChI=1S/C14H22FNO2/c1-10(16)11-6-5-7-12(15)13(11)17-8-9-18-14(2,3)4/h5-7,10H,8-9,16H2,1-4H3. The van der Waals surface area contributed by atoms with Crippen LogP contribution in [0.3, 0.4) is 0 Å². The topological polar surface area (TPSA) is 44.5 Å². The summed E-state index contributed by atoms with van der Waals surface area (Å²) in [7, 11) is 0. The number of para-hydroxylation sites is 1. The normalized spacial score (nSPS) is 13.4. The van der Waals surface area contributed by atoms with Gasteiger partial charge in [0.15, 0.2) is 11.6 Å². The molecule has 0 fully saturated rings. The number of halogens is 1. The van der Waals surface area contributed by atoms with E-state index in [0.29, 0.717) is 18.8 Å². The Morgan fingerprint density at radius 3 is 2.50 bits per heavy atom. The van der Waals surface area contributed by atoms with Crippen LogP contribution in [-0.4, -0.2) is 18.8 Å². The van der Waals surface area contributed by atoms with E-state index >= 15 is 0 Å². The lowest BCUT2D eigenvalue weighted by Gasteiger charge is -2.20. The Hall–Kier alpha value is -1.13. The minimum atomic E-state index is -0.388. The fourth-order valence-corrected chi connectivity index (χ4v) is 1.53. The van der Waals surface area contributed by atoms with E-state index in [0.717, 1.165) is 0 Å². The van der Waals surface area contributed by atoms with Gasteiger partial charge in [-0.05, 0) is 33.8 Å². The quantitative estimate of drug-likeness (QED) is 0.822. The zero-order chi connectivity index (χ0) is 13.8. The molecule has 18 heavy (non-hydrogen) atoms. The number of hydrogen-bond donors (Lipinski definition) is 1. The van der Waals surface area contributed by atoms with Gasteiger partial charge in [0.25, 0.3) is 0 Å². The Balaban J connectivity index is 2.61. The van der Waals surface area contributed by atoms with Crippen molar-refractivity contribution in [1.82, 2.24) is 0 Å². The minimum Gasteiger partial charge on any atom is -0.488 e. The summed E-state index contributed by atoms with van der Waals surface area (Å²) in [6.45, 7) is 8.40. The van der Waals surface area contributed by atoms with Gasteiger partial charge in [0, 0.05) is 11.6 Å². The molecule has 0 aliphatic heterocycles. The highest BCUT2D eigenvalue weighted by Crippen LogP contribution is 2.26. The Morgan fingerprint density at radius 1 is 1.28 bits per heavy atom. The zero-order valence-corrected chi connectivity index (χ0v) is 11.5. The van der Waals surface area contributed by atoms with Crippen molar-refractivity contribution in [3.8, 4) is 5.75 Å². The van der Waals surface area contributed by atoms with E-state index < -0.39 is 0 Å². The SMILES string of the molecule is CC(N)c1cccc(F)c1OCCOC(C)(C)C. The Morgan fingerprint density at radius 2 is 1.94 bits per heavy atom. The third-order valence-electron chi connectivity index (χ3n) is 2.35. The first-order chi connectivity index (χ1) is 8.31. The first kappa shape index (κ1) is 14.9. The van der Waals surface area contributed by atoms with Crippen LogP contribution in [0.25, 0.3) is 0 Å². The maximum Gasteiger partial charge on any atom is 0.165 e. The molecule has 0 aliphatic carbocycles. The van der Waals surface area contributed by atoms with E-state index in [1.165, 1.54) is 6.07 Å². The fraction of sp³-hybridized carbons (Fsp3) is 0.571. The Kier molecular flexibility index (Phi) is 5.11. The zero-order valence-electron chi connectivity index (χ0n) is 11.5. The molecule has 0 heterocycles. The Labute approximate surface area is 108 Å². The van der Waals surface area contributed by atoms with E-state index in [2.05, 4.69) is 0 Å². The third kappa shape index (κ3) is 4.63. The van der Waals surface area contributed by atoms with E-state index in [1.54, 1.807) is 19.1 Å². The summed E-state index contributed by atoms with van der Waals surface area (Å²) in [6, 6.07) is 4.51. The summed E-state index contributed by atoms with van der Waals surface area (Å²) >= 11 is 0. The van der Waals surface area contributed by atoms with Gasteiger partial charge in [-0.1, -0.05) is 12.1 Å². The van der Waals surface area contributed by atoms with E-state index in [1.807, 2.05) is 20.8 Å². The molecule has 3 nitrogen and oxygen atoms in total. The number of nitrogens with two attached hydrogens (primary N) is 1. The van der Waals surface area contributed by atoms with E-state index in [9.17, 15) is 4.39 Å². The van der Waals surface area contributed by atoms with Crippen LogP contribution in [0.2, 0.25) is 0 Å². The largest absolute Gasteiger partial charge is 0.488 e. The second-order valence-corrected chi connectivity index (χ2v) is 5.26. The van der Waals surface area contributed by atoms with Crippen LogP contribution in [0.15, 0.2) is 18.2 Å². The smallest absolute Gasteiger partial charge is 0.165 e. The highest BCUT2D eigenvalue weighted by Gasteiger charge is 2.14. The molecule has 1 atom stereocenters. The maximum absolute atomic E-state index is 13.7. The first-order valence-corrected chi connectivity index (χ1v) is 6.12. The lowest BCUT2D eigenvalue weighted by molar-refractivity contribution is -0.0168. The molecule has 0 saturated carbocycles. The van der Waals surface area contributed by atoms with Crippen LogP contribution >= 0.6 is 0 Å². The third-order valence-corrected chi connectivity index (χ3v) is 2.35. The molecule has 0 bridgehead atoms. The van der Waals surface area contributed by atoms with Crippen LogP contribution in [0, 0.1) is 5.82 Å². The van der Waals surface area contributed by atoms with Crippen LogP contribution in [0.4, 0.5) is 4.39 Å². The predicted octanol–water partition coefficient (Wildman–Crippen LogP) is 3.04. The van der Waals surface area contributed by atoms with Gasteiger partial charge in [-0.25, -0.2) is 4.39 Å². The highest BCUT2D eigenvalue weighted by atomic mass is 19.1. The van der Waals surface area contributed by atoms with Crippen molar-refractivity contribution in [2.45, 2.75) is 39.3 Å². The van der Waals surface area contributed by atoms with Crippen molar-refractivity contribution in [2.24, 2.45) is 5.73 Å². The van der Waals surface area contributed by atoms with Gasteiger partial charge < -0.3 is 15.2 Å². The molecule has 0 aromatic heterocycles. The lowest BCUT2D eigenvalue weighted by Crippen LogP contribution is -2.23.